The Morgan fingerprint density at radius 1 is 0.364 bits per heavy atom. The van der Waals surface area contributed by atoms with E-state index in [0.29, 0.717) is 0 Å². The normalized spacial score (nSPS) is 11.4. The number of rotatable bonds is 4. The molecule has 0 unspecified atom stereocenters. The molecule has 4 heteroatoms. The van der Waals surface area contributed by atoms with Gasteiger partial charge in [0.2, 0.25) is 0 Å². The van der Waals surface area contributed by atoms with Gasteiger partial charge >= 0.3 is 0 Å². The van der Waals surface area contributed by atoms with Crippen molar-refractivity contribution in [2.45, 2.75) is 13.8 Å². The van der Waals surface area contributed by atoms with Gasteiger partial charge in [0.25, 0.3) is 0 Å². The molecule has 0 saturated heterocycles. The fourth-order valence-electron chi connectivity index (χ4n) is 5.99. The largest absolute Gasteiger partial charge is 0.0616 e. The van der Waals surface area contributed by atoms with Gasteiger partial charge in [0.05, 0.1) is 0 Å². The van der Waals surface area contributed by atoms with Crippen molar-refractivity contribution in [3.63, 3.8) is 0 Å². The van der Waals surface area contributed by atoms with Crippen molar-refractivity contribution in [1.82, 2.24) is 0 Å². The monoisotopic (exact) mass is 822 g/mol. The maximum absolute atomic E-state index is 4.23. The van der Waals surface area contributed by atoms with Gasteiger partial charge in [0.1, 0.15) is 0 Å². The summed E-state index contributed by atoms with van der Waals surface area (Å²) in [5, 5.41) is 4.79. The summed E-state index contributed by atoms with van der Waals surface area (Å²) in [6.07, 6.45) is 0. The van der Waals surface area contributed by atoms with Crippen molar-refractivity contribution >= 4 is 85.3 Å². The summed E-state index contributed by atoms with van der Waals surface area (Å²) in [7, 11) is 0. The Kier molecular flexibility index (Phi) is 8.13. The van der Waals surface area contributed by atoms with E-state index in [1.807, 2.05) is 0 Å². The highest BCUT2D eigenvalue weighted by Crippen LogP contribution is 2.55. The molecule has 0 amide bonds. The average molecular weight is 826 g/mol. The molecule has 0 atom stereocenters. The van der Waals surface area contributed by atoms with Crippen LogP contribution in [-0.4, -0.2) is 0 Å². The average Bonchev–Trinajstić information content (AvgIpc) is 3.02. The molecule has 0 heterocycles. The summed E-state index contributed by atoms with van der Waals surface area (Å²) < 4.78 is 4.19. The molecule has 0 fully saturated rings. The van der Waals surface area contributed by atoms with Crippen LogP contribution in [0.5, 0.6) is 0 Å². The fraction of sp³-hybridized carbons (Fsp3) is 0.0500. The fourth-order valence-corrected chi connectivity index (χ4v) is 8.78. The number of hydrogen-bond donors (Lipinski definition) is 0. The number of halogens is 4. The van der Waals surface area contributed by atoms with E-state index in [9.17, 15) is 0 Å². The molecule has 0 bridgehead atoms. The van der Waals surface area contributed by atoms with E-state index >= 15 is 0 Å². The molecule has 7 rings (SSSR count). The minimum Gasteiger partial charge on any atom is -0.0616 e. The first-order valence-electron chi connectivity index (χ1n) is 14.4. The molecule has 0 spiro atoms. The lowest BCUT2D eigenvalue weighted by molar-refractivity contribution is 1.44. The lowest BCUT2D eigenvalue weighted by atomic mass is 9.84. The molecule has 0 nitrogen and oxygen atoms in total. The number of aryl methyl sites for hydroxylation is 2. The van der Waals surface area contributed by atoms with Crippen LogP contribution in [0.4, 0.5) is 0 Å². The topological polar surface area (TPSA) is 0 Å². The Labute approximate surface area is 291 Å². The van der Waals surface area contributed by atoms with Crippen molar-refractivity contribution in [2.24, 2.45) is 0 Å². The molecular formula is C40H26Br4. The van der Waals surface area contributed by atoms with E-state index in [1.54, 1.807) is 0 Å². The van der Waals surface area contributed by atoms with E-state index < -0.39 is 0 Å². The zero-order valence-electron chi connectivity index (χ0n) is 24.1. The van der Waals surface area contributed by atoms with Crippen LogP contribution < -0.4 is 0 Å². The first-order valence-corrected chi connectivity index (χ1v) is 17.5. The van der Waals surface area contributed by atoms with E-state index in [0.717, 1.165) is 62.4 Å². The Hall–Kier alpha value is -3.02. The number of fused-ring (bicyclic) bond motifs is 2. The second-order valence-electron chi connectivity index (χ2n) is 11.2. The molecule has 0 N–H and O–H groups in total. The molecule has 0 aromatic heterocycles. The highest BCUT2D eigenvalue weighted by Gasteiger charge is 2.27. The Morgan fingerprint density at radius 2 is 0.682 bits per heavy atom. The van der Waals surface area contributed by atoms with Gasteiger partial charge in [-0.1, -0.05) is 140 Å². The van der Waals surface area contributed by atoms with Crippen molar-refractivity contribution in [3.8, 4) is 44.5 Å². The highest BCUT2D eigenvalue weighted by atomic mass is 79.9. The van der Waals surface area contributed by atoms with Gasteiger partial charge in [-0.15, -0.1) is 0 Å². The smallest absolute Gasteiger partial charge is 0.0345 e. The van der Waals surface area contributed by atoms with Crippen molar-refractivity contribution in [2.75, 3.05) is 0 Å². The summed E-state index contributed by atoms with van der Waals surface area (Å²) in [4.78, 5) is 0. The molecule has 44 heavy (non-hydrogen) atoms. The molecule has 7 aromatic rings. The summed E-state index contributed by atoms with van der Waals surface area (Å²) in [6, 6.07) is 43.8. The zero-order valence-corrected chi connectivity index (χ0v) is 30.4. The molecule has 0 saturated carbocycles. The van der Waals surface area contributed by atoms with Gasteiger partial charge in [-0.3, -0.25) is 0 Å². The minimum absolute atomic E-state index is 1.05. The van der Waals surface area contributed by atoms with Gasteiger partial charge < -0.3 is 0 Å². The van der Waals surface area contributed by atoms with Crippen molar-refractivity contribution in [1.29, 1.82) is 0 Å². The van der Waals surface area contributed by atoms with E-state index in [2.05, 4.69) is 199 Å². The standard InChI is InChI=1S/C40H26Br4/c1-23-11-15-25(16-12-23)35-37(31-19-27-7-3-5-9-29(27)21-33(31)41)40(44)36(26-17-13-24(2)14-18-26)38(39(35)43)32-20-28-8-4-6-10-30(28)22-34(32)42/h3-22H,1-2H3. The van der Waals surface area contributed by atoms with Gasteiger partial charge in [-0.25, -0.2) is 0 Å². The molecule has 0 aliphatic rings. The third-order valence-corrected chi connectivity index (χ3v) is 11.2. The number of hydrogen-bond acceptors (Lipinski definition) is 0. The van der Waals surface area contributed by atoms with Crippen LogP contribution in [0.3, 0.4) is 0 Å². The maximum Gasteiger partial charge on any atom is 0.0345 e. The van der Waals surface area contributed by atoms with Crippen LogP contribution in [0.1, 0.15) is 11.1 Å². The van der Waals surface area contributed by atoms with Crippen LogP contribution >= 0.6 is 63.7 Å². The lowest BCUT2D eigenvalue weighted by Gasteiger charge is -2.25. The van der Waals surface area contributed by atoms with Crippen LogP contribution in [-0.2, 0) is 0 Å². The molecule has 7 aromatic carbocycles. The second kappa shape index (κ2) is 12.1. The summed E-state index contributed by atoms with van der Waals surface area (Å²) in [5.41, 5.74) is 11.5. The molecule has 0 aliphatic heterocycles. The van der Waals surface area contributed by atoms with E-state index in [-0.39, 0.29) is 0 Å². The van der Waals surface area contributed by atoms with Gasteiger partial charge in [-0.2, -0.15) is 0 Å². The lowest BCUT2D eigenvalue weighted by Crippen LogP contribution is -1.99. The molecule has 0 radical (unpaired) electrons. The first kappa shape index (κ1) is 29.7. The Bertz CT molecular complexity index is 2050. The second-order valence-corrected chi connectivity index (χ2v) is 14.5. The predicted octanol–water partition coefficient (Wildman–Crippen LogP) is 14.3. The van der Waals surface area contributed by atoms with Crippen LogP contribution in [0.25, 0.3) is 66.1 Å². The van der Waals surface area contributed by atoms with Crippen LogP contribution in [0, 0.1) is 13.8 Å². The SMILES string of the molecule is Cc1ccc(-c2c(Br)c(-c3cc4ccccc4cc3Br)c(-c3ccc(C)cc3)c(Br)c2-c2cc3ccccc3cc2Br)cc1. The van der Waals surface area contributed by atoms with Crippen LogP contribution in [0.15, 0.2) is 139 Å². The predicted molar refractivity (Wildman–Crippen MR) is 203 cm³/mol. The quantitative estimate of drug-likeness (QED) is 0.166. The van der Waals surface area contributed by atoms with Gasteiger partial charge in [0.15, 0.2) is 0 Å². The summed E-state index contributed by atoms with van der Waals surface area (Å²) in [5.74, 6) is 0. The zero-order chi connectivity index (χ0) is 30.5. The van der Waals surface area contributed by atoms with E-state index in [4.69, 9.17) is 0 Å². The van der Waals surface area contributed by atoms with Gasteiger partial charge in [0, 0.05) is 40.1 Å². The maximum atomic E-state index is 4.23. The van der Waals surface area contributed by atoms with Crippen molar-refractivity contribution in [3.05, 3.63) is 150 Å². The highest BCUT2D eigenvalue weighted by molar-refractivity contribution is 9.11. The Balaban J connectivity index is 1.67. The van der Waals surface area contributed by atoms with Crippen molar-refractivity contribution < 1.29 is 0 Å². The summed E-state index contributed by atoms with van der Waals surface area (Å²) >= 11 is 16.4. The summed E-state index contributed by atoms with van der Waals surface area (Å²) in [6.45, 7) is 4.27. The molecule has 214 valence electrons. The molecule has 0 aliphatic carbocycles. The molecular weight excluding hydrogens is 800 g/mol. The third-order valence-electron chi connectivity index (χ3n) is 8.27. The number of benzene rings is 7. The first-order chi connectivity index (χ1) is 21.3. The van der Waals surface area contributed by atoms with Gasteiger partial charge in [-0.05, 0) is 114 Å². The minimum atomic E-state index is 1.05. The van der Waals surface area contributed by atoms with Crippen LogP contribution in [0.2, 0.25) is 0 Å². The Morgan fingerprint density at radius 3 is 1.02 bits per heavy atom. The third kappa shape index (κ3) is 5.30. The van der Waals surface area contributed by atoms with E-state index in [1.165, 1.54) is 32.7 Å².